The van der Waals surface area contributed by atoms with Crippen molar-refractivity contribution in [3.63, 3.8) is 0 Å². The molecule has 5 aromatic rings. The molecule has 0 saturated heterocycles. The summed E-state index contributed by atoms with van der Waals surface area (Å²) in [7, 11) is 1.96. The number of halogens is 1. The minimum atomic E-state index is -0.266. The Hall–Kier alpha value is -4.06. The molecule has 32 heavy (non-hydrogen) atoms. The fraction of sp³-hybridized carbons (Fsp3) is 0.115. The Kier molecular flexibility index (Phi) is 4.90. The molecule has 0 aliphatic carbocycles. The van der Waals surface area contributed by atoms with Gasteiger partial charge in [0, 0.05) is 35.9 Å². The van der Waals surface area contributed by atoms with E-state index < -0.39 is 0 Å². The molecule has 0 unspecified atom stereocenters. The lowest BCUT2D eigenvalue weighted by atomic mass is 10.1. The van der Waals surface area contributed by atoms with E-state index in [0.717, 1.165) is 50.6 Å². The van der Waals surface area contributed by atoms with E-state index in [0.29, 0.717) is 5.82 Å². The number of benzene rings is 2. The number of hydrogen-bond acceptors (Lipinski definition) is 4. The Morgan fingerprint density at radius 3 is 2.22 bits per heavy atom. The number of aryl methyl sites for hydroxylation is 3. The third-order valence-corrected chi connectivity index (χ3v) is 5.48. The van der Waals surface area contributed by atoms with Gasteiger partial charge in [-0.3, -0.25) is 4.98 Å². The number of hydrogen-bond donors (Lipinski definition) is 1. The van der Waals surface area contributed by atoms with E-state index in [-0.39, 0.29) is 5.82 Å². The van der Waals surface area contributed by atoms with E-state index in [2.05, 4.69) is 28.5 Å². The Balaban J connectivity index is 1.51. The number of fused-ring (bicyclic) bond motifs is 1. The van der Waals surface area contributed by atoms with Crippen LogP contribution in [0.5, 0.6) is 0 Å². The highest BCUT2D eigenvalue weighted by atomic mass is 19.1. The molecule has 0 aliphatic heterocycles. The quantitative estimate of drug-likeness (QED) is 0.374. The zero-order valence-electron chi connectivity index (χ0n) is 18.1. The molecule has 0 saturated carbocycles. The van der Waals surface area contributed by atoms with Gasteiger partial charge in [0.1, 0.15) is 17.2 Å². The van der Waals surface area contributed by atoms with Crippen molar-refractivity contribution >= 4 is 22.5 Å². The number of anilines is 2. The van der Waals surface area contributed by atoms with Crippen molar-refractivity contribution in [2.75, 3.05) is 5.32 Å². The maximum absolute atomic E-state index is 13.4. The lowest BCUT2D eigenvalue weighted by Crippen LogP contribution is -1.97. The molecule has 0 aliphatic rings. The van der Waals surface area contributed by atoms with Crippen molar-refractivity contribution in [1.82, 2.24) is 19.5 Å². The van der Waals surface area contributed by atoms with Crippen molar-refractivity contribution in [3.05, 3.63) is 90.1 Å². The molecule has 6 heteroatoms. The highest BCUT2D eigenvalue weighted by Gasteiger charge is 2.15. The lowest BCUT2D eigenvalue weighted by Gasteiger charge is -2.09. The van der Waals surface area contributed by atoms with E-state index in [1.54, 1.807) is 12.1 Å². The van der Waals surface area contributed by atoms with Gasteiger partial charge in [-0.1, -0.05) is 12.1 Å². The monoisotopic (exact) mass is 423 g/mol. The summed E-state index contributed by atoms with van der Waals surface area (Å²) in [5.41, 5.74) is 7.64. The topological polar surface area (TPSA) is 55.6 Å². The average Bonchev–Trinajstić information content (AvgIpc) is 3.11. The zero-order chi connectivity index (χ0) is 22.2. The summed E-state index contributed by atoms with van der Waals surface area (Å²) in [5, 5.41) is 3.42. The van der Waals surface area contributed by atoms with Crippen molar-refractivity contribution < 1.29 is 4.39 Å². The van der Waals surface area contributed by atoms with Gasteiger partial charge in [-0.15, -0.1) is 0 Å². The number of pyridine rings is 2. The van der Waals surface area contributed by atoms with Crippen molar-refractivity contribution in [3.8, 4) is 22.5 Å². The first-order valence-corrected chi connectivity index (χ1v) is 10.4. The van der Waals surface area contributed by atoms with Gasteiger partial charge >= 0.3 is 0 Å². The molecule has 0 spiro atoms. The van der Waals surface area contributed by atoms with E-state index >= 15 is 0 Å². The number of imidazole rings is 1. The van der Waals surface area contributed by atoms with Gasteiger partial charge < -0.3 is 9.88 Å². The van der Waals surface area contributed by atoms with Gasteiger partial charge in [0.15, 0.2) is 5.82 Å². The minimum Gasteiger partial charge on any atom is -0.338 e. The van der Waals surface area contributed by atoms with Crippen LogP contribution >= 0.6 is 0 Å². The first kappa shape index (κ1) is 19.9. The van der Waals surface area contributed by atoms with Crippen LogP contribution < -0.4 is 5.32 Å². The Labute approximate surface area is 185 Å². The molecule has 5 nitrogen and oxygen atoms in total. The van der Waals surface area contributed by atoms with E-state index in [1.165, 1.54) is 12.1 Å². The second-order valence-corrected chi connectivity index (χ2v) is 7.87. The van der Waals surface area contributed by atoms with Gasteiger partial charge in [-0.05, 0) is 79.6 Å². The first-order chi connectivity index (χ1) is 15.5. The van der Waals surface area contributed by atoms with Crippen molar-refractivity contribution in [2.45, 2.75) is 13.8 Å². The maximum Gasteiger partial charge on any atom is 0.158 e. The van der Waals surface area contributed by atoms with E-state index in [9.17, 15) is 4.39 Å². The van der Waals surface area contributed by atoms with Crippen LogP contribution in [0.25, 0.3) is 33.5 Å². The van der Waals surface area contributed by atoms with Crippen LogP contribution in [0.1, 0.15) is 11.4 Å². The lowest BCUT2D eigenvalue weighted by molar-refractivity contribution is 0.628. The minimum absolute atomic E-state index is 0.266. The van der Waals surface area contributed by atoms with Crippen LogP contribution in [0.2, 0.25) is 0 Å². The van der Waals surface area contributed by atoms with Gasteiger partial charge in [0.05, 0.1) is 5.52 Å². The molecule has 5 rings (SSSR count). The number of aromatic nitrogens is 4. The molecular formula is C26H22FN5. The fourth-order valence-corrected chi connectivity index (χ4v) is 3.86. The highest BCUT2D eigenvalue weighted by molar-refractivity contribution is 5.91. The van der Waals surface area contributed by atoms with Gasteiger partial charge in [-0.2, -0.15) is 0 Å². The number of nitrogens with one attached hydrogen (secondary N) is 1. The Morgan fingerprint density at radius 1 is 0.781 bits per heavy atom. The molecule has 158 valence electrons. The van der Waals surface area contributed by atoms with Crippen LogP contribution in [-0.4, -0.2) is 19.5 Å². The summed E-state index contributed by atoms with van der Waals surface area (Å²) >= 11 is 0. The molecule has 0 bridgehead atoms. The first-order valence-electron chi connectivity index (χ1n) is 10.4. The maximum atomic E-state index is 13.4. The summed E-state index contributed by atoms with van der Waals surface area (Å²) in [6.07, 6.45) is 1.82. The van der Waals surface area contributed by atoms with Crippen LogP contribution in [0.3, 0.4) is 0 Å². The molecule has 0 atom stereocenters. The molecule has 0 radical (unpaired) electrons. The summed E-state index contributed by atoms with van der Waals surface area (Å²) in [4.78, 5) is 13.8. The SMILES string of the molecule is Cc1cc(-c2ccc(Nc3nc(C)cc4c3nc(-c3ccc(F)cc3)n4C)cc2)ccn1. The normalized spacial score (nSPS) is 11.1. The number of nitrogens with zero attached hydrogens (tertiary/aromatic N) is 4. The molecule has 0 amide bonds. The Bertz CT molecular complexity index is 1420. The predicted octanol–water partition coefficient (Wildman–Crippen LogP) is 6.20. The summed E-state index contributed by atoms with van der Waals surface area (Å²) < 4.78 is 15.4. The summed E-state index contributed by atoms with van der Waals surface area (Å²) in [5.74, 6) is 1.19. The predicted molar refractivity (Wildman–Crippen MR) is 126 cm³/mol. The highest BCUT2D eigenvalue weighted by Crippen LogP contribution is 2.30. The third-order valence-electron chi connectivity index (χ3n) is 5.48. The van der Waals surface area contributed by atoms with Crippen molar-refractivity contribution in [1.29, 1.82) is 0 Å². The molecular weight excluding hydrogens is 401 g/mol. The second-order valence-electron chi connectivity index (χ2n) is 7.87. The molecule has 2 aromatic carbocycles. The zero-order valence-corrected chi connectivity index (χ0v) is 18.1. The standard InChI is InChI=1S/C26H22FN5/c1-16-14-20(12-13-28-16)18-6-10-22(11-7-18)30-25-24-23(15-17(2)29-25)32(3)26(31-24)19-4-8-21(27)9-5-19/h4-15H,1-3H3,(H,29,30). The van der Waals surface area contributed by atoms with Crippen molar-refractivity contribution in [2.24, 2.45) is 7.05 Å². The van der Waals surface area contributed by atoms with Crippen LogP contribution in [-0.2, 0) is 7.05 Å². The largest absolute Gasteiger partial charge is 0.338 e. The van der Waals surface area contributed by atoms with Gasteiger partial charge in [0.2, 0.25) is 0 Å². The van der Waals surface area contributed by atoms with E-state index in [1.807, 2.05) is 55.9 Å². The summed E-state index contributed by atoms with van der Waals surface area (Å²) in [6, 6.07) is 20.7. The van der Waals surface area contributed by atoms with Crippen LogP contribution in [0.15, 0.2) is 72.9 Å². The smallest absolute Gasteiger partial charge is 0.158 e. The van der Waals surface area contributed by atoms with Gasteiger partial charge in [0.25, 0.3) is 0 Å². The van der Waals surface area contributed by atoms with E-state index in [4.69, 9.17) is 9.97 Å². The second kappa shape index (κ2) is 7.89. The molecule has 3 heterocycles. The molecule has 0 fully saturated rings. The van der Waals surface area contributed by atoms with Crippen LogP contribution in [0, 0.1) is 19.7 Å². The number of rotatable bonds is 4. The average molecular weight is 423 g/mol. The third kappa shape index (κ3) is 3.71. The fourth-order valence-electron chi connectivity index (χ4n) is 3.86. The Morgan fingerprint density at radius 2 is 1.50 bits per heavy atom. The van der Waals surface area contributed by atoms with Gasteiger partial charge in [-0.25, -0.2) is 14.4 Å². The molecule has 1 N–H and O–H groups in total. The van der Waals surface area contributed by atoms with Crippen LogP contribution in [0.4, 0.5) is 15.9 Å². The summed E-state index contributed by atoms with van der Waals surface area (Å²) in [6.45, 7) is 3.95. The molecule has 3 aromatic heterocycles.